The number of nitrogens with zero attached hydrogens (tertiary/aromatic N) is 1. The van der Waals surface area contributed by atoms with Crippen LogP contribution in [0.1, 0.15) is 27.7 Å². The van der Waals surface area contributed by atoms with E-state index >= 15 is 0 Å². The van der Waals surface area contributed by atoms with Crippen molar-refractivity contribution >= 4 is 0 Å². The van der Waals surface area contributed by atoms with Gasteiger partial charge < -0.3 is 5.73 Å². The van der Waals surface area contributed by atoms with Crippen LogP contribution in [-0.2, 0) is 0 Å². The predicted octanol–water partition coefficient (Wildman–Crippen LogP) is 2.24. The Kier molecular flexibility index (Phi) is 5.06. The summed E-state index contributed by atoms with van der Waals surface area (Å²) in [6.07, 6.45) is -4.27. The molecule has 0 aliphatic heterocycles. The number of hydrogen-bond donors (Lipinski definition) is 1. The first-order chi connectivity index (χ1) is 6.59. The molecule has 0 amide bonds. The van der Waals surface area contributed by atoms with Crippen LogP contribution in [0.25, 0.3) is 0 Å². The number of halogens is 3. The van der Waals surface area contributed by atoms with E-state index in [4.69, 9.17) is 5.73 Å². The van der Waals surface area contributed by atoms with Gasteiger partial charge in [-0.25, -0.2) is 0 Å². The summed E-state index contributed by atoms with van der Waals surface area (Å²) in [7, 11) is 1.48. The number of likely N-dealkylation sites (N-methyl/N-ethyl adjacent to an activating group) is 1. The third kappa shape index (κ3) is 3.99. The van der Waals surface area contributed by atoms with Crippen molar-refractivity contribution in [2.24, 2.45) is 11.7 Å². The Morgan fingerprint density at radius 3 is 1.67 bits per heavy atom. The van der Waals surface area contributed by atoms with E-state index in [1.807, 2.05) is 13.8 Å². The highest BCUT2D eigenvalue weighted by molar-refractivity contribution is 4.87. The van der Waals surface area contributed by atoms with E-state index in [0.29, 0.717) is 0 Å². The standard InChI is InChI=1S/C10H21F3N2/c1-6(2)8(4)15(5)9(7(3)14)10(11,12)13/h6-9H,14H2,1-5H3. The van der Waals surface area contributed by atoms with Crippen LogP contribution in [0.2, 0.25) is 0 Å². The Labute approximate surface area is 89.6 Å². The molecule has 15 heavy (non-hydrogen) atoms. The summed E-state index contributed by atoms with van der Waals surface area (Å²) >= 11 is 0. The zero-order valence-electron chi connectivity index (χ0n) is 9.97. The summed E-state index contributed by atoms with van der Waals surface area (Å²) in [6, 6.07) is -2.64. The molecule has 0 bridgehead atoms. The molecule has 92 valence electrons. The smallest absolute Gasteiger partial charge is 0.326 e. The highest BCUT2D eigenvalue weighted by Crippen LogP contribution is 2.28. The number of nitrogens with two attached hydrogens (primary N) is 1. The van der Waals surface area contributed by atoms with E-state index in [0.717, 1.165) is 0 Å². The molecule has 5 heteroatoms. The average molecular weight is 226 g/mol. The van der Waals surface area contributed by atoms with E-state index in [1.54, 1.807) is 6.92 Å². The normalized spacial score (nSPS) is 19.4. The van der Waals surface area contributed by atoms with Gasteiger partial charge in [0.05, 0.1) is 0 Å². The Morgan fingerprint density at radius 1 is 1.07 bits per heavy atom. The lowest BCUT2D eigenvalue weighted by Crippen LogP contribution is -2.57. The minimum atomic E-state index is -4.27. The maximum absolute atomic E-state index is 12.7. The third-order valence-electron chi connectivity index (χ3n) is 2.88. The van der Waals surface area contributed by atoms with Gasteiger partial charge in [0.2, 0.25) is 0 Å². The molecule has 0 rings (SSSR count). The Bertz CT molecular complexity index is 190. The first-order valence-electron chi connectivity index (χ1n) is 5.13. The van der Waals surface area contributed by atoms with E-state index in [1.165, 1.54) is 18.9 Å². The van der Waals surface area contributed by atoms with E-state index in [-0.39, 0.29) is 12.0 Å². The average Bonchev–Trinajstić information content (AvgIpc) is 1.98. The predicted molar refractivity (Wildman–Crippen MR) is 55.6 cm³/mol. The van der Waals surface area contributed by atoms with Gasteiger partial charge in [-0.05, 0) is 26.8 Å². The zero-order valence-corrected chi connectivity index (χ0v) is 9.97. The summed E-state index contributed by atoms with van der Waals surface area (Å²) < 4.78 is 38.2. The first-order valence-corrected chi connectivity index (χ1v) is 5.13. The van der Waals surface area contributed by atoms with Crippen molar-refractivity contribution in [3.05, 3.63) is 0 Å². The Hall–Kier alpha value is -0.290. The van der Waals surface area contributed by atoms with Crippen LogP contribution in [0.4, 0.5) is 13.2 Å². The maximum atomic E-state index is 12.7. The third-order valence-corrected chi connectivity index (χ3v) is 2.88. The van der Waals surface area contributed by atoms with Crippen LogP contribution in [-0.4, -0.2) is 36.2 Å². The van der Waals surface area contributed by atoms with Gasteiger partial charge >= 0.3 is 6.18 Å². The summed E-state index contributed by atoms with van der Waals surface area (Å²) in [4.78, 5) is 1.31. The lowest BCUT2D eigenvalue weighted by atomic mass is 10.0. The SMILES string of the molecule is CC(C)C(C)N(C)C(C(C)N)C(F)(F)F. The Morgan fingerprint density at radius 2 is 1.47 bits per heavy atom. The quantitative estimate of drug-likeness (QED) is 0.796. The first kappa shape index (κ1) is 14.7. The van der Waals surface area contributed by atoms with Crippen LogP contribution < -0.4 is 5.73 Å². The molecule has 3 unspecified atom stereocenters. The fraction of sp³-hybridized carbons (Fsp3) is 1.00. The second-order valence-corrected chi connectivity index (χ2v) is 4.50. The van der Waals surface area contributed by atoms with E-state index in [9.17, 15) is 13.2 Å². The van der Waals surface area contributed by atoms with Crippen molar-refractivity contribution in [2.45, 2.75) is 52.0 Å². The molecule has 0 saturated heterocycles. The molecular weight excluding hydrogens is 205 g/mol. The van der Waals surface area contributed by atoms with Gasteiger partial charge in [-0.15, -0.1) is 0 Å². The summed E-state index contributed by atoms with van der Waals surface area (Å²) in [5.41, 5.74) is 5.40. The molecule has 0 spiro atoms. The number of rotatable bonds is 4. The molecule has 3 atom stereocenters. The van der Waals surface area contributed by atoms with Gasteiger partial charge in [0.25, 0.3) is 0 Å². The van der Waals surface area contributed by atoms with Crippen molar-refractivity contribution in [1.29, 1.82) is 0 Å². The number of hydrogen-bond acceptors (Lipinski definition) is 2. The van der Waals surface area contributed by atoms with Gasteiger partial charge in [-0.3, -0.25) is 4.90 Å². The summed E-state index contributed by atoms with van der Waals surface area (Å²) in [6.45, 7) is 6.97. The van der Waals surface area contributed by atoms with E-state index < -0.39 is 18.3 Å². The highest BCUT2D eigenvalue weighted by atomic mass is 19.4. The number of alkyl halides is 3. The topological polar surface area (TPSA) is 29.3 Å². The van der Waals surface area contributed by atoms with Crippen LogP contribution in [0.5, 0.6) is 0 Å². The molecule has 2 nitrogen and oxygen atoms in total. The van der Waals surface area contributed by atoms with Gasteiger partial charge in [0.1, 0.15) is 6.04 Å². The fourth-order valence-electron chi connectivity index (χ4n) is 1.62. The van der Waals surface area contributed by atoms with Crippen molar-refractivity contribution in [3.63, 3.8) is 0 Å². The van der Waals surface area contributed by atoms with Crippen molar-refractivity contribution in [1.82, 2.24) is 4.90 Å². The molecule has 0 fully saturated rings. The Balaban J connectivity index is 4.79. The molecule has 2 N–H and O–H groups in total. The highest BCUT2D eigenvalue weighted by Gasteiger charge is 2.45. The minimum Gasteiger partial charge on any atom is -0.326 e. The van der Waals surface area contributed by atoms with Crippen LogP contribution in [0.15, 0.2) is 0 Å². The van der Waals surface area contributed by atoms with Crippen LogP contribution >= 0.6 is 0 Å². The molecule has 0 aromatic heterocycles. The lowest BCUT2D eigenvalue weighted by Gasteiger charge is -2.38. The van der Waals surface area contributed by atoms with E-state index in [2.05, 4.69) is 0 Å². The lowest BCUT2D eigenvalue weighted by molar-refractivity contribution is -0.191. The van der Waals surface area contributed by atoms with Crippen LogP contribution in [0.3, 0.4) is 0 Å². The summed E-state index contributed by atoms with van der Waals surface area (Å²) in [5, 5.41) is 0. The molecule has 0 saturated carbocycles. The second-order valence-electron chi connectivity index (χ2n) is 4.50. The molecule has 0 aliphatic carbocycles. The van der Waals surface area contributed by atoms with Gasteiger partial charge in [-0.1, -0.05) is 13.8 Å². The second kappa shape index (κ2) is 5.16. The van der Waals surface area contributed by atoms with Crippen molar-refractivity contribution in [3.8, 4) is 0 Å². The molecule has 0 aromatic rings. The summed E-state index contributed by atoms with van der Waals surface area (Å²) in [5.74, 6) is 0.165. The molecule has 0 radical (unpaired) electrons. The van der Waals surface area contributed by atoms with Crippen LogP contribution in [0, 0.1) is 5.92 Å². The zero-order chi connectivity index (χ0) is 12.4. The van der Waals surface area contributed by atoms with Gasteiger partial charge in [-0.2, -0.15) is 13.2 Å². The fourth-order valence-corrected chi connectivity index (χ4v) is 1.62. The molecule has 0 heterocycles. The van der Waals surface area contributed by atoms with Gasteiger partial charge in [0, 0.05) is 12.1 Å². The van der Waals surface area contributed by atoms with Crippen molar-refractivity contribution < 1.29 is 13.2 Å². The monoisotopic (exact) mass is 226 g/mol. The van der Waals surface area contributed by atoms with Crippen molar-refractivity contribution in [2.75, 3.05) is 7.05 Å². The minimum absolute atomic E-state index is 0.150. The largest absolute Gasteiger partial charge is 0.405 e. The maximum Gasteiger partial charge on any atom is 0.405 e. The molecular formula is C10H21F3N2. The van der Waals surface area contributed by atoms with Gasteiger partial charge in [0.15, 0.2) is 0 Å². The molecule has 0 aliphatic rings. The molecule has 0 aromatic carbocycles.